The number of rotatable bonds is 0. The van der Waals surface area contributed by atoms with Gasteiger partial charge in [0.25, 0.3) is 0 Å². The number of halogens is 3. The first kappa shape index (κ1) is 7.72. The summed E-state index contributed by atoms with van der Waals surface area (Å²) in [6, 6.07) is 0. The first-order valence-electron chi connectivity index (χ1n) is 2.66. The van der Waals surface area contributed by atoms with Gasteiger partial charge in [-0.05, 0) is 11.5 Å². The predicted molar refractivity (Wildman–Crippen MR) is 35.7 cm³/mol. The molecule has 1 aliphatic heterocycles. The van der Waals surface area contributed by atoms with Crippen molar-refractivity contribution in [1.82, 2.24) is 0 Å². The zero-order valence-corrected chi connectivity index (χ0v) is 5.80. The molecule has 56 valence electrons. The van der Waals surface area contributed by atoms with Gasteiger partial charge in [-0.15, -0.1) is 11.8 Å². The summed E-state index contributed by atoms with van der Waals surface area (Å²) in [5, 5.41) is 1.46. The highest BCUT2D eigenvalue weighted by Crippen LogP contribution is 2.29. The van der Waals surface area contributed by atoms with Crippen LogP contribution in [0.15, 0.2) is 23.1 Å². The van der Waals surface area contributed by atoms with Crippen LogP contribution in [0.5, 0.6) is 0 Å². The van der Waals surface area contributed by atoms with E-state index in [1.54, 1.807) is 0 Å². The summed E-state index contributed by atoms with van der Waals surface area (Å²) in [5.41, 5.74) is -0.536. The van der Waals surface area contributed by atoms with Gasteiger partial charge in [-0.25, -0.2) is 0 Å². The van der Waals surface area contributed by atoms with E-state index >= 15 is 0 Å². The number of allylic oxidation sites excluding steroid dienone is 2. The minimum absolute atomic E-state index is 0.422. The van der Waals surface area contributed by atoms with E-state index < -0.39 is 11.7 Å². The van der Waals surface area contributed by atoms with Gasteiger partial charge < -0.3 is 0 Å². The standard InChI is InChI=1S/C6H5F3S/c7-6(8,9)5-1-3-10-4-2-5/h1-3H,4H2. The largest absolute Gasteiger partial charge is 0.416 e. The van der Waals surface area contributed by atoms with Crippen LogP contribution in [0.2, 0.25) is 0 Å². The van der Waals surface area contributed by atoms with Crippen LogP contribution in [-0.4, -0.2) is 11.9 Å². The minimum atomic E-state index is -4.17. The van der Waals surface area contributed by atoms with Crippen molar-refractivity contribution in [2.75, 3.05) is 5.75 Å². The van der Waals surface area contributed by atoms with Crippen molar-refractivity contribution in [2.24, 2.45) is 0 Å². The Labute approximate surface area is 60.8 Å². The Bertz CT molecular complexity index is 178. The Hall–Kier alpha value is -0.380. The number of hydrogen-bond acceptors (Lipinski definition) is 1. The highest BCUT2D eigenvalue weighted by molar-refractivity contribution is 8.02. The van der Waals surface area contributed by atoms with Crippen molar-refractivity contribution in [3.63, 3.8) is 0 Å². The number of thioether (sulfide) groups is 1. The van der Waals surface area contributed by atoms with Crippen molar-refractivity contribution in [3.05, 3.63) is 23.1 Å². The molecule has 10 heavy (non-hydrogen) atoms. The van der Waals surface area contributed by atoms with E-state index in [9.17, 15) is 13.2 Å². The lowest BCUT2D eigenvalue weighted by Crippen LogP contribution is -2.11. The van der Waals surface area contributed by atoms with Crippen molar-refractivity contribution in [2.45, 2.75) is 6.18 Å². The summed E-state index contributed by atoms with van der Waals surface area (Å²) in [7, 11) is 0. The van der Waals surface area contributed by atoms with E-state index in [1.165, 1.54) is 23.2 Å². The van der Waals surface area contributed by atoms with Crippen LogP contribution in [0.4, 0.5) is 13.2 Å². The third kappa shape index (κ3) is 1.80. The second-order valence-corrected chi connectivity index (χ2v) is 2.73. The van der Waals surface area contributed by atoms with Gasteiger partial charge in [0.15, 0.2) is 0 Å². The fourth-order valence-corrected chi connectivity index (χ4v) is 1.22. The van der Waals surface area contributed by atoms with Gasteiger partial charge in [-0.3, -0.25) is 0 Å². The van der Waals surface area contributed by atoms with Gasteiger partial charge in [0.1, 0.15) is 0 Å². The molecule has 0 saturated heterocycles. The Morgan fingerprint density at radius 1 is 1.40 bits per heavy atom. The van der Waals surface area contributed by atoms with Gasteiger partial charge in [0.2, 0.25) is 0 Å². The molecule has 4 heteroatoms. The lowest BCUT2D eigenvalue weighted by molar-refractivity contribution is -0.0883. The maximum absolute atomic E-state index is 11.8. The number of alkyl halides is 3. The maximum Gasteiger partial charge on any atom is 0.416 e. The van der Waals surface area contributed by atoms with Crippen molar-refractivity contribution in [3.8, 4) is 0 Å². The molecular weight excluding hydrogens is 161 g/mol. The maximum atomic E-state index is 11.8. The van der Waals surface area contributed by atoms with Crippen LogP contribution in [0.3, 0.4) is 0 Å². The van der Waals surface area contributed by atoms with E-state index in [2.05, 4.69) is 0 Å². The average molecular weight is 166 g/mol. The van der Waals surface area contributed by atoms with E-state index in [-0.39, 0.29) is 0 Å². The lowest BCUT2D eigenvalue weighted by Gasteiger charge is -2.09. The van der Waals surface area contributed by atoms with E-state index in [4.69, 9.17) is 0 Å². The topological polar surface area (TPSA) is 0 Å². The molecular formula is C6H5F3S. The SMILES string of the molecule is FC(F)(F)C1=CCSC=C1. The summed E-state index contributed by atoms with van der Waals surface area (Å²) in [5.74, 6) is 0.422. The van der Waals surface area contributed by atoms with Crippen LogP contribution < -0.4 is 0 Å². The number of hydrogen-bond donors (Lipinski definition) is 0. The molecule has 0 aromatic heterocycles. The fraction of sp³-hybridized carbons (Fsp3) is 0.333. The summed E-state index contributed by atoms with van der Waals surface area (Å²) >= 11 is 1.36. The molecule has 0 atom stereocenters. The molecule has 0 radical (unpaired) electrons. The van der Waals surface area contributed by atoms with Crippen molar-refractivity contribution >= 4 is 11.8 Å². The third-order valence-corrected chi connectivity index (χ3v) is 1.76. The van der Waals surface area contributed by atoms with E-state index in [0.29, 0.717) is 5.75 Å². The van der Waals surface area contributed by atoms with Crippen molar-refractivity contribution < 1.29 is 13.2 Å². The molecule has 0 nitrogen and oxygen atoms in total. The van der Waals surface area contributed by atoms with Crippen LogP contribution in [0, 0.1) is 0 Å². The van der Waals surface area contributed by atoms with Gasteiger partial charge in [-0.1, -0.05) is 6.08 Å². The van der Waals surface area contributed by atoms with Crippen LogP contribution in [0.1, 0.15) is 0 Å². The molecule has 0 spiro atoms. The summed E-state index contributed by atoms with van der Waals surface area (Å²) < 4.78 is 35.4. The Kier molecular flexibility index (Phi) is 2.08. The fourth-order valence-electron chi connectivity index (χ4n) is 0.593. The molecule has 0 fully saturated rings. The second-order valence-electron chi connectivity index (χ2n) is 1.79. The summed E-state index contributed by atoms with van der Waals surface area (Å²) in [6.45, 7) is 0. The van der Waals surface area contributed by atoms with Crippen LogP contribution in [-0.2, 0) is 0 Å². The first-order valence-corrected chi connectivity index (χ1v) is 3.71. The highest BCUT2D eigenvalue weighted by atomic mass is 32.2. The smallest absolute Gasteiger partial charge is 0.166 e. The molecule has 1 rings (SSSR count). The molecule has 0 N–H and O–H groups in total. The molecule has 0 aromatic carbocycles. The molecule has 0 unspecified atom stereocenters. The summed E-state index contributed by atoms with van der Waals surface area (Å²) in [6.07, 6.45) is -1.89. The van der Waals surface area contributed by atoms with Gasteiger partial charge in [0.05, 0.1) is 5.57 Å². The molecule has 0 amide bonds. The molecule has 1 heterocycles. The summed E-state index contributed by atoms with van der Waals surface area (Å²) in [4.78, 5) is 0. The van der Waals surface area contributed by atoms with Gasteiger partial charge >= 0.3 is 6.18 Å². The van der Waals surface area contributed by atoms with Gasteiger partial charge in [0, 0.05) is 5.75 Å². The first-order chi connectivity index (χ1) is 4.61. The quantitative estimate of drug-likeness (QED) is 0.533. The molecule has 0 bridgehead atoms. The van der Waals surface area contributed by atoms with E-state index in [1.807, 2.05) is 0 Å². The normalized spacial score (nSPS) is 18.9. The van der Waals surface area contributed by atoms with Crippen molar-refractivity contribution in [1.29, 1.82) is 0 Å². The molecule has 0 aliphatic carbocycles. The Balaban J connectivity index is 2.73. The second kappa shape index (κ2) is 2.70. The highest BCUT2D eigenvalue weighted by Gasteiger charge is 2.31. The van der Waals surface area contributed by atoms with Crippen LogP contribution in [0.25, 0.3) is 0 Å². The van der Waals surface area contributed by atoms with Gasteiger partial charge in [-0.2, -0.15) is 13.2 Å². The van der Waals surface area contributed by atoms with Crippen LogP contribution >= 0.6 is 11.8 Å². The zero-order valence-electron chi connectivity index (χ0n) is 4.98. The van der Waals surface area contributed by atoms with E-state index in [0.717, 1.165) is 6.08 Å². The zero-order chi connectivity index (χ0) is 7.61. The molecule has 0 saturated carbocycles. The Morgan fingerprint density at radius 2 is 2.10 bits per heavy atom. The molecule has 1 aliphatic rings. The minimum Gasteiger partial charge on any atom is -0.166 e. The monoisotopic (exact) mass is 166 g/mol. The molecule has 0 aromatic rings. The Morgan fingerprint density at radius 3 is 2.40 bits per heavy atom. The third-order valence-electron chi connectivity index (χ3n) is 1.07. The predicted octanol–water partition coefficient (Wildman–Crippen LogP) is 2.74. The average Bonchev–Trinajstić information content (AvgIpc) is 1.88. The lowest BCUT2D eigenvalue weighted by atomic mass is 10.2.